The Hall–Kier alpha value is -2.60. The van der Waals surface area contributed by atoms with Crippen LogP contribution < -0.4 is 4.74 Å². The molecule has 0 aromatic heterocycles. The van der Waals surface area contributed by atoms with Gasteiger partial charge in [0, 0.05) is 12.8 Å². The predicted molar refractivity (Wildman–Crippen MR) is 164 cm³/mol. The Morgan fingerprint density at radius 3 is 2.33 bits per heavy atom. The summed E-state index contributed by atoms with van der Waals surface area (Å²) in [6, 6.07) is 16.7. The maximum absolute atomic E-state index is 11.4. The number of rotatable bonds is 10. The summed E-state index contributed by atoms with van der Waals surface area (Å²) in [5.41, 5.74) is 9.36. The lowest BCUT2D eigenvalue weighted by molar-refractivity contribution is 0.220. The summed E-state index contributed by atoms with van der Waals surface area (Å²) in [4.78, 5) is 2.51. The van der Waals surface area contributed by atoms with E-state index in [0.717, 1.165) is 47.6 Å². The molecule has 0 atom stereocenters. The Morgan fingerprint density at radius 1 is 0.923 bits per heavy atom. The number of aryl methyl sites for hydroxylation is 1. The van der Waals surface area contributed by atoms with Crippen molar-refractivity contribution < 1.29 is 13.2 Å². The lowest BCUT2D eigenvalue weighted by Gasteiger charge is -2.27. The number of allylic oxidation sites excluding steroid dienone is 1. The Bertz CT molecular complexity index is 1440. The highest BCUT2D eigenvalue weighted by atomic mass is 35.5. The highest BCUT2D eigenvalue weighted by Gasteiger charge is 2.15. The van der Waals surface area contributed by atoms with E-state index < -0.39 is 9.84 Å². The molecule has 3 aromatic carbocycles. The molecule has 0 N–H and O–H groups in total. The minimum atomic E-state index is -2.96. The maximum Gasteiger partial charge on any atom is 0.147 e. The Balaban J connectivity index is 1.49. The van der Waals surface area contributed by atoms with Crippen LogP contribution in [0.15, 0.2) is 54.6 Å². The predicted octanol–water partition coefficient (Wildman–Crippen LogP) is 7.95. The third-order valence-electron chi connectivity index (χ3n) is 7.68. The van der Waals surface area contributed by atoms with Crippen LogP contribution in [0.4, 0.5) is 0 Å². The molecule has 1 aliphatic rings. The molecule has 0 amide bonds. The van der Waals surface area contributed by atoms with Crippen molar-refractivity contribution in [3.63, 3.8) is 0 Å². The number of sulfone groups is 1. The van der Waals surface area contributed by atoms with E-state index in [9.17, 15) is 8.42 Å². The molecule has 6 heteroatoms. The van der Waals surface area contributed by atoms with Gasteiger partial charge in [-0.1, -0.05) is 66.6 Å². The van der Waals surface area contributed by atoms with Gasteiger partial charge in [-0.05, 0) is 110 Å². The van der Waals surface area contributed by atoms with Gasteiger partial charge in [-0.15, -0.1) is 0 Å². The molecule has 4 rings (SSSR count). The van der Waals surface area contributed by atoms with Gasteiger partial charge in [0.25, 0.3) is 0 Å². The van der Waals surface area contributed by atoms with Crippen molar-refractivity contribution in [1.82, 2.24) is 4.90 Å². The van der Waals surface area contributed by atoms with Crippen molar-refractivity contribution in [2.24, 2.45) is 0 Å². The molecular weight excluding hydrogens is 526 g/mol. The van der Waals surface area contributed by atoms with Crippen LogP contribution in [0.1, 0.15) is 59.1 Å². The van der Waals surface area contributed by atoms with Gasteiger partial charge in [0.15, 0.2) is 0 Å². The van der Waals surface area contributed by atoms with E-state index in [1.54, 1.807) is 0 Å². The fourth-order valence-corrected chi connectivity index (χ4v) is 6.05. The number of nitrogens with zero attached hydrogens (tertiary/aromatic N) is 1. The molecule has 1 aliphatic heterocycles. The molecule has 208 valence electrons. The van der Waals surface area contributed by atoms with Crippen molar-refractivity contribution in [3.8, 4) is 16.9 Å². The van der Waals surface area contributed by atoms with Gasteiger partial charge in [-0.3, -0.25) is 4.90 Å². The maximum atomic E-state index is 11.4. The van der Waals surface area contributed by atoms with Crippen molar-refractivity contribution in [1.29, 1.82) is 0 Å². The van der Waals surface area contributed by atoms with Gasteiger partial charge >= 0.3 is 0 Å². The first-order valence-corrected chi connectivity index (χ1v) is 16.2. The van der Waals surface area contributed by atoms with Gasteiger partial charge in [0.05, 0.1) is 10.8 Å². The van der Waals surface area contributed by atoms with E-state index in [1.807, 2.05) is 12.2 Å². The van der Waals surface area contributed by atoms with Crippen molar-refractivity contribution in [2.45, 2.75) is 59.6 Å². The van der Waals surface area contributed by atoms with E-state index in [0.29, 0.717) is 18.1 Å². The second-order valence-corrected chi connectivity index (χ2v) is 13.4. The van der Waals surface area contributed by atoms with Gasteiger partial charge in [-0.2, -0.15) is 0 Å². The van der Waals surface area contributed by atoms with Crippen LogP contribution in [0.25, 0.3) is 17.2 Å². The summed E-state index contributed by atoms with van der Waals surface area (Å²) < 4.78 is 29.1. The number of hydrogen-bond acceptors (Lipinski definition) is 4. The number of halogens is 1. The van der Waals surface area contributed by atoms with Crippen LogP contribution in [0.3, 0.4) is 0 Å². The van der Waals surface area contributed by atoms with E-state index in [2.05, 4.69) is 74.2 Å². The number of benzene rings is 3. The Morgan fingerprint density at radius 2 is 1.62 bits per heavy atom. The molecule has 39 heavy (non-hydrogen) atoms. The first kappa shape index (κ1) is 29.4. The van der Waals surface area contributed by atoms with Crippen LogP contribution in [0, 0.1) is 20.8 Å². The lowest BCUT2D eigenvalue weighted by atomic mass is 9.91. The normalized spacial score (nSPS) is 14.7. The molecular formula is C33H40ClNO3S. The minimum Gasteiger partial charge on any atom is -0.487 e. The van der Waals surface area contributed by atoms with Gasteiger partial charge in [-0.25, -0.2) is 8.42 Å². The highest BCUT2D eigenvalue weighted by Crippen LogP contribution is 2.33. The van der Waals surface area contributed by atoms with Crippen LogP contribution in [0.5, 0.6) is 5.75 Å². The molecule has 1 fully saturated rings. The van der Waals surface area contributed by atoms with Gasteiger partial charge in [0.1, 0.15) is 22.2 Å². The molecule has 1 heterocycles. The monoisotopic (exact) mass is 565 g/mol. The molecule has 0 aliphatic carbocycles. The van der Waals surface area contributed by atoms with Crippen LogP contribution in [-0.2, 0) is 23.0 Å². The Kier molecular flexibility index (Phi) is 9.92. The standard InChI is InChI=1S/C33H40ClNO3S/c1-24-20-33(32(34)21-29(24)22-35-17-7-5-8-18-35)38-23-28-14-11-16-31(26(28)3)30-15-10-13-27(25(30)2)12-6-9-19-39(4,36)37/h6,10-16,20-21H,5,7-9,17-19,22-23H2,1-4H3/b12-6+. The average molecular weight is 566 g/mol. The van der Waals surface area contributed by atoms with Crippen LogP contribution in [0.2, 0.25) is 5.02 Å². The zero-order chi connectivity index (χ0) is 28.0. The third-order valence-corrected chi connectivity index (χ3v) is 8.95. The van der Waals surface area contributed by atoms with E-state index in [1.165, 1.54) is 47.8 Å². The topological polar surface area (TPSA) is 46.6 Å². The largest absolute Gasteiger partial charge is 0.487 e. The summed E-state index contributed by atoms with van der Waals surface area (Å²) in [6.07, 6.45) is 9.62. The molecule has 3 aromatic rings. The lowest BCUT2D eigenvalue weighted by Crippen LogP contribution is -2.29. The summed E-state index contributed by atoms with van der Waals surface area (Å²) in [5.74, 6) is 0.882. The first-order chi connectivity index (χ1) is 18.6. The second kappa shape index (κ2) is 13.2. The Labute approximate surface area is 239 Å². The molecule has 1 saturated heterocycles. The smallest absolute Gasteiger partial charge is 0.147 e. The molecule has 0 bridgehead atoms. The second-order valence-electron chi connectivity index (χ2n) is 10.8. The first-order valence-electron chi connectivity index (χ1n) is 13.8. The summed E-state index contributed by atoms with van der Waals surface area (Å²) in [6.45, 7) is 10.1. The fourth-order valence-electron chi connectivity index (χ4n) is 5.24. The minimum absolute atomic E-state index is 0.161. The van der Waals surface area contributed by atoms with E-state index in [-0.39, 0.29) is 5.75 Å². The van der Waals surface area contributed by atoms with Crippen molar-refractivity contribution in [3.05, 3.63) is 93.0 Å². The third kappa shape index (κ3) is 7.97. The SMILES string of the molecule is Cc1cc(OCc2cccc(-c3cccc(/C=C/CCS(C)(=O)=O)c3C)c2C)c(Cl)cc1CN1CCCCC1. The average Bonchev–Trinajstić information content (AvgIpc) is 2.89. The van der Waals surface area contributed by atoms with E-state index in [4.69, 9.17) is 16.3 Å². The number of ether oxygens (including phenoxy) is 1. The summed E-state index contributed by atoms with van der Waals surface area (Å²) in [7, 11) is -2.96. The fraction of sp³-hybridized carbons (Fsp3) is 0.394. The van der Waals surface area contributed by atoms with Gasteiger partial charge in [0.2, 0.25) is 0 Å². The van der Waals surface area contributed by atoms with Crippen LogP contribution in [-0.4, -0.2) is 38.4 Å². The number of piperidine rings is 1. The number of hydrogen-bond donors (Lipinski definition) is 0. The zero-order valence-electron chi connectivity index (χ0n) is 23.6. The summed E-state index contributed by atoms with van der Waals surface area (Å²) >= 11 is 6.68. The highest BCUT2D eigenvalue weighted by molar-refractivity contribution is 7.90. The zero-order valence-corrected chi connectivity index (χ0v) is 25.2. The number of likely N-dealkylation sites (tertiary alicyclic amines) is 1. The van der Waals surface area contributed by atoms with Crippen molar-refractivity contribution >= 4 is 27.5 Å². The molecule has 0 unspecified atom stereocenters. The molecule has 0 spiro atoms. The molecule has 0 radical (unpaired) electrons. The molecule has 4 nitrogen and oxygen atoms in total. The van der Waals surface area contributed by atoms with Crippen LogP contribution >= 0.6 is 11.6 Å². The van der Waals surface area contributed by atoms with Crippen molar-refractivity contribution in [2.75, 3.05) is 25.1 Å². The van der Waals surface area contributed by atoms with Gasteiger partial charge < -0.3 is 4.74 Å². The summed E-state index contributed by atoms with van der Waals surface area (Å²) in [5, 5.41) is 0.660. The quantitative estimate of drug-likeness (QED) is 0.250. The van der Waals surface area contributed by atoms with E-state index >= 15 is 0 Å². The molecule has 0 saturated carbocycles.